The first-order valence-electron chi connectivity index (χ1n) is 6.64. The van der Waals surface area contributed by atoms with Crippen LogP contribution in [-0.2, 0) is 0 Å². The highest BCUT2D eigenvalue weighted by atomic mass is 35.5. The molecule has 0 spiro atoms. The molecule has 106 valence electrons. The molecule has 0 aliphatic carbocycles. The lowest BCUT2D eigenvalue weighted by atomic mass is 10.1. The van der Waals surface area contributed by atoms with Crippen molar-refractivity contribution in [2.24, 2.45) is 0 Å². The van der Waals surface area contributed by atoms with E-state index in [1.807, 2.05) is 48.9 Å². The van der Waals surface area contributed by atoms with Crippen LogP contribution < -0.4 is 5.73 Å². The van der Waals surface area contributed by atoms with Crippen molar-refractivity contribution in [3.8, 4) is 11.3 Å². The minimum absolute atomic E-state index is 0.147. The van der Waals surface area contributed by atoms with Crippen molar-refractivity contribution in [3.05, 3.63) is 65.7 Å². The number of halogens is 1. The fourth-order valence-electron chi connectivity index (χ4n) is 2.35. The molecule has 21 heavy (non-hydrogen) atoms. The summed E-state index contributed by atoms with van der Waals surface area (Å²) in [6.07, 6.45) is 5.36. The standard InChI is InChI=1S/C16H15ClN4/c1-11(12-2-4-14(17)5-3-12)21-10-19-9-15(21)13-6-7-20-16(18)8-13/h2-11H,1H3,(H2,18,20). The molecule has 3 aromatic rings. The van der Waals surface area contributed by atoms with Crippen LogP contribution in [0.4, 0.5) is 5.82 Å². The molecule has 5 heteroatoms. The first-order valence-corrected chi connectivity index (χ1v) is 7.02. The van der Waals surface area contributed by atoms with Crippen LogP contribution in [0.3, 0.4) is 0 Å². The maximum absolute atomic E-state index is 5.95. The summed E-state index contributed by atoms with van der Waals surface area (Å²) in [5, 5.41) is 0.735. The van der Waals surface area contributed by atoms with E-state index in [2.05, 4.69) is 21.5 Å². The normalized spacial score (nSPS) is 12.3. The van der Waals surface area contributed by atoms with E-state index in [0.717, 1.165) is 16.3 Å². The summed E-state index contributed by atoms with van der Waals surface area (Å²) in [7, 11) is 0. The molecule has 2 heterocycles. The predicted octanol–water partition coefficient (Wildman–Crippen LogP) is 3.79. The van der Waals surface area contributed by atoms with E-state index in [4.69, 9.17) is 17.3 Å². The largest absolute Gasteiger partial charge is 0.384 e. The van der Waals surface area contributed by atoms with Crippen molar-refractivity contribution in [2.75, 3.05) is 5.73 Å². The molecule has 1 unspecified atom stereocenters. The number of anilines is 1. The summed E-state index contributed by atoms with van der Waals surface area (Å²) in [4.78, 5) is 8.29. The first-order chi connectivity index (χ1) is 10.1. The van der Waals surface area contributed by atoms with Gasteiger partial charge in [-0.15, -0.1) is 0 Å². The maximum Gasteiger partial charge on any atom is 0.123 e. The second kappa shape index (κ2) is 5.58. The van der Waals surface area contributed by atoms with Crippen molar-refractivity contribution in [2.45, 2.75) is 13.0 Å². The van der Waals surface area contributed by atoms with Crippen LogP contribution in [0, 0.1) is 0 Å². The number of hydrogen-bond donors (Lipinski definition) is 1. The molecule has 0 saturated carbocycles. The molecule has 4 nitrogen and oxygen atoms in total. The molecule has 0 aliphatic rings. The second-order valence-corrected chi connectivity index (χ2v) is 5.32. The monoisotopic (exact) mass is 298 g/mol. The van der Waals surface area contributed by atoms with Crippen LogP contribution in [0.1, 0.15) is 18.5 Å². The molecule has 0 saturated heterocycles. The Hall–Kier alpha value is -2.33. The third kappa shape index (κ3) is 2.76. The highest BCUT2D eigenvalue weighted by molar-refractivity contribution is 6.30. The van der Waals surface area contributed by atoms with E-state index < -0.39 is 0 Å². The average molecular weight is 299 g/mol. The fraction of sp³-hybridized carbons (Fsp3) is 0.125. The van der Waals surface area contributed by atoms with Gasteiger partial charge in [-0.2, -0.15) is 0 Å². The zero-order valence-corrected chi connectivity index (χ0v) is 12.3. The van der Waals surface area contributed by atoms with Gasteiger partial charge in [0.15, 0.2) is 0 Å². The molecule has 1 aromatic carbocycles. The molecule has 0 bridgehead atoms. The van der Waals surface area contributed by atoms with Gasteiger partial charge in [0.05, 0.1) is 24.3 Å². The van der Waals surface area contributed by atoms with E-state index in [-0.39, 0.29) is 6.04 Å². The van der Waals surface area contributed by atoms with E-state index >= 15 is 0 Å². The van der Waals surface area contributed by atoms with Crippen LogP contribution >= 0.6 is 11.6 Å². The van der Waals surface area contributed by atoms with Gasteiger partial charge in [-0.05, 0) is 36.8 Å². The van der Waals surface area contributed by atoms with Gasteiger partial charge in [0.2, 0.25) is 0 Å². The van der Waals surface area contributed by atoms with Crippen molar-refractivity contribution < 1.29 is 0 Å². The Balaban J connectivity index is 2.00. The lowest BCUT2D eigenvalue weighted by molar-refractivity contribution is 0.644. The third-order valence-corrected chi connectivity index (χ3v) is 3.76. The fourth-order valence-corrected chi connectivity index (χ4v) is 2.47. The number of imidazole rings is 1. The average Bonchev–Trinajstić information content (AvgIpc) is 2.97. The predicted molar refractivity (Wildman–Crippen MR) is 85.1 cm³/mol. The van der Waals surface area contributed by atoms with Gasteiger partial charge in [0.25, 0.3) is 0 Å². The SMILES string of the molecule is CC(c1ccc(Cl)cc1)n1cncc1-c1ccnc(N)c1. The summed E-state index contributed by atoms with van der Waals surface area (Å²) in [6, 6.07) is 11.8. The number of nitrogens with zero attached hydrogens (tertiary/aromatic N) is 3. The van der Waals surface area contributed by atoms with Crippen molar-refractivity contribution in [1.82, 2.24) is 14.5 Å². The molecule has 0 fully saturated rings. The van der Waals surface area contributed by atoms with Gasteiger partial charge in [-0.25, -0.2) is 9.97 Å². The maximum atomic E-state index is 5.95. The molecule has 0 radical (unpaired) electrons. The van der Waals surface area contributed by atoms with E-state index in [1.165, 1.54) is 5.56 Å². The molecule has 1 atom stereocenters. The van der Waals surface area contributed by atoms with Crippen molar-refractivity contribution >= 4 is 17.4 Å². The minimum atomic E-state index is 0.147. The van der Waals surface area contributed by atoms with Crippen LogP contribution in [0.5, 0.6) is 0 Å². The molecular weight excluding hydrogens is 284 g/mol. The molecular formula is C16H15ClN4. The number of benzene rings is 1. The minimum Gasteiger partial charge on any atom is -0.384 e. The topological polar surface area (TPSA) is 56.7 Å². The lowest BCUT2D eigenvalue weighted by Crippen LogP contribution is -2.07. The van der Waals surface area contributed by atoms with Crippen LogP contribution in [0.15, 0.2) is 55.1 Å². The number of pyridine rings is 1. The molecule has 0 amide bonds. The quantitative estimate of drug-likeness (QED) is 0.800. The molecule has 3 rings (SSSR count). The van der Waals surface area contributed by atoms with Crippen LogP contribution in [0.2, 0.25) is 5.02 Å². The number of nitrogens with two attached hydrogens (primary N) is 1. The third-order valence-electron chi connectivity index (χ3n) is 3.51. The summed E-state index contributed by atoms with van der Waals surface area (Å²) in [6.45, 7) is 2.12. The molecule has 2 aromatic heterocycles. The van der Waals surface area contributed by atoms with Gasteiger partial charge >= 0.3 is 0 Å². The Morgan fingerprint density at radius 1 is 1.19 bits per heavy atom. The van der Waals surface area contributed by atoms with Crippen molar-refractivity contribution in [1.29, 1.82) is 0 Å². The molecule has 2 N–H and O–H groups in total. The second-order valence-electron chi connectivity index (χ2n) is 4.88. The zero-order chi connectivity index (χ0) is 14.8. The van der Waals surface area contributed by atoms with Crippen LogP contribution in [-0.4, -0.2) is 14.5 Å². The Bertz CT molecular complexity index is 749. The van der Waals surface area contributed by atoms with Gasteiger partial charge in [-0.1, -0.05) is 23.7 Å². The summed E-state index contributed by atoms with van der Waals surface area (Å²) in [5.41, 5.74) is 8.94. The summed E-state index contributed by atoms with van der Waals surface area (Å²) < 4.78 is 2.11. The van der Waals surface area contributed by atoms with Gasteiger partial charge < -0.3 is 10.3 Å². The smallest absolute Gasteiger partial charge is 0.123 e. The number of rotatable bonds is 3. The van der Waals surface area contributed by atoms with E-state index in [1.54, 1.807) is 6.20 Å². The number of aromatic nitrogens is 3. The van der Waals surface area contributed by atoms with Crippen molar-refractivity contribution in [3.63, 3.8) is 0 Å². The Labute approximate surface area is 128 Å². The highest BCUT2D eigenvalue weighted by Gasteiger charge is 2.13. The Kier molecular flexibility index (Phi) is 3.62. The van der Waals surface area contributed by atoms with Gasteiger partial charge in [0.1, 0.15) is 5.82 Å². The zero-order valence-electron chi connectivity index (χ0n) is 11.6. The van der Waals surface area contributed by atoms with Gasteiger partial charge in [0, 0.05) is 16.8 Å². The number of nitrogen functional groups attached to an aromatic ring is 1. The Morgan fingerprint density at radius 3 is 2.67 bits per heavy atom. The Morgan fingerprint density at radius 2 is 1.95 bits per heavy atom. The van der Waals surface area contributed by atoms with Crippen LogP contribution in [0.25, 0.3) is 11.3 Å². The lowest BCUT2D eigenvalue weighted by Gasteiger charge is -2.17. The van der Waals surface area contributed by atoms with Gasteiger partial charge in [-0.3, -0.25) is 0 Å². The number of hydrogen-bond acceptors (Lipinski definition) is 3. The summed E-state index contributed by atoms with van der Waals surface area (Å²) in [5.74, 6) is 0.499. The highest BCUT2D eigenvalue weighted by Crippen LogP contribution is 2.27. The van der Waals surface area contributed by atoms with E-state index in [9.17, 15) is 0 Å². The van der Waals surface area contributed by atoms with E-state index in [0.29, 0.717) is 5.82 Å². The summed E-state index contributed by atoms with van der Waals surface area (Å²) >= 11 is 5.95. The first kappa shape index (κ1) is 13.6. The molecule has 0 aliphatic heterocycles.